The topological polar surface area (TPSA) is 90.0 Å². The molecule has 0 spiro atoms. The summed E-state index contributed by atoms with van der Waals surface area (Å²) in [6.45, 7) is 1.73. The molecule has 6 nitrogen and oxygen atoms in total. The molecule has 4 N–H and O–H groups in total. The van der Waals surface area contributed by atoms with Crippen molar-refractivity contribution < 1.29 is 9.90 Å². The van der Waals surface area contributed by atoms with Crippen molar-refractivity contribution in [2.75, 3.05) is 13.2 Å². The zero-order valence-electron chi connectivity index (χ0n) is 13.4. The molecule has 1 unspecified atom stereocenters. The molecule has 2 aliphatic rings. The highest BCUT2D eigenvalue weighted by molar-refractivity contribution is 5.94. The lowest BCUT2D eigenvalue weighted by Crippen LogP contribution is -2.42. The second-order valence-electron chi connectivity index (χ2n) is 6.45. The van der Waals surface area contributed by atoms with Crippen LogP contribution in [0.1, 0.15) is 60.3 Å². The molecular weight excluding hydrogens is 316 g/mol. The maximum Gasteiger partial charge on any atom is 0.272 e. The number of H-pyrrole nitrogens is 1. The number of aliphatic hydroxyl groups excluding tert-OH is 1. The van der Waals surface area contributed by atoms with Gasteiger partial charge in [-0.25, -0.2) is 0 Å². The molecule has 1 aromatic rings. The number of amides is 1. The molecule has 1 saturated carbocycles. The number of nitrogens with one attached hydrogen (secondary N) is 3. The van der Waals surface area contributed by atoms with Gasteiger partial charge in [0, 0.05) is 43.4 Å². The molecule has 0 radical (unpaired) electrons. The van der Waals surface area contributed by atoms with Crippen LogP contribution in [0.4, 0.5) is 0 Å². The fourth-order valence-corrected chi connectivity index (χ4v) is 3.75. The van der Waals surface area contributed by atoms with Gasteiger partial charge in [0.25, 0.3) is 5.91 Å². The Kier molecular flexibility index (Phi) is 6.87. The zero-order valence-corrected chi connectivity index (χ0v) is 14.3. The van der Waals surface area contributed by atoms with E-state index in [1.807, 2.05) is 0 Å². The van der Waals surface area contributed by atoms with Gasteiger partial charge >= 0.3 is 0 Å². The molecule has 1 fully saturated rings. The van der Waals surface area contributed by atoms with E-state index < -0.39 is 0 Å². The van der Waals surface area contributed by atoms with Crippen molar-refractivity contribution in [1.29, 1.82) is 0 Å². The molecule has 2 heterocycles. The fourth-order valence-electron chi connectivity index (χ4n) is 3.75. The SMILES string of the molecule is Cl.O=C(NC(CCO)C1CCCCC1)c1n[nH]c2c1CNCC2. The molecule has 1 atom stereocenters. The molecule has 3 rings (SSSR count). The van der Waals surface area contributed by atoms with Crippen LogP contribution in [0, 0.1) is 5.92 Å². The predicted molar refractivity (Wildman–Crippen MR) is 90.8 cm³/mol. The number of aliphatic hydroxyl groups is 1. The van der Waals surface area contributed by atoms with Gasteiger partial charge in [-0.2, -0.15) is 5.10 Å². The Balaban J connectivity index is 0.00000192. The van der Waals surface area contributed by atoms with E-state index in [0.29, 0.717) is 24.6 Å². The minimum absolute atomic E-state index is 0. The van der Waals surface area contributed by atoms with Crippen LogP contribution < -0.4 is 10.6 Å². The first-order valence-corrected chi connectivity index (χ1v) is 8.48. The number of rotatable bonds is 5. The van der Waals surface area contributed by atoms with Crippen LogP contribution in [0.3, 0.4) is 0 Å². The summed E-state index contributed by atoms with van der Waals surface area (Å²) in [7, 11) is 0. The Morgan fingerprint density at radius 3 is 2.87 bits per heavy atom. The number of hydrogen-bond donors (Lipinski definition) is 4. The third kappa shape index (κ3) is 4.25. The quantitative estimate of drug-likeness (QED) is 0.653. The van der Waals surface area contributed by atoms with E-state index in [4.69, 9.17) is 0 Å². The van der Waals surface area contributed by atoms with Crippen molar-refractivity contribution in [3.05, 3.63) is 17.0 Å². The van der Waals surface area contributed by atoms with E-state index in [2.05, 4.69) is 20.8 Å². The first kappa shape index (κ1) is 18.2. The average molecular weight is 343 g/mol. The van der Waals surface area contributed by atoms with Gasteiger partial charge < -0.3 is 15.7 Å². The van der Waals surface area contributed by atoms with Crippen molar-refractivity contribution in [2.45, 2.75) is 57.5 Å². The number of halogens is 1. The minimum Gasteiger partial charge on any atom is -0.396 e. The molecular formula is C16H27ClN4O2. The van der Waals surface area contributed by atoms with E-state index in [1.54, 1.807) is 0 Å². The van der Waals surface area contributed by atoms with Crippen LogP contribution in [0.25, 0.3) is 0 Å². The summed E-state index contributed by atoms with van der Waals surface area (Å²) >= 11 is 0. The van der Waals surface area contributed by atoms with Crippen LogP contribution in [0.2, 0.25) is 0 Å². The lowest BCUT2D eigenvalue weighted by Gasteiger charge is -2.30. The van der Waals surface area contributed by atoms with Crippen LogP contribution in [-0.4, -0.2) is 40.4 Å². The van der Waals surface area contributed by atoms with E-state index in [1.165, 1.54) is 19.3 Å². The number of aromatic nitrogens is 2. The molecule has 0 saturated heterocycles. The Morgan fingerprint density at radius 1 is 1.35 bits per heavy atom. The van der Waals surface area contributed by atoms with Gasteiger partial charge in [0.15, 0.2) is 5.69 Å². The first-order chi connectivity index (χ1) is 10.8. The highest BCUT2D eigenvalue weighted by atomic mass is 35.5. The summed E-state index contributed by atoms with van der Waals surface area (Å²) in [6, 6.07) is 0.0571. The highest BCUT2D eigenvalue weighted by Gasteiger charge is 2.28. The van der Waals surface area contributed by atoms with Crippen LogP contribution in [0.15, 0.2) is 0 Å². The van der Waals surface area contributed by atoms with E-state index in [-0.39, 0.29) is 31.0 Å². The summed E-state index contributed by atoms with van der Waals surface area (Å²) in [6.07, 6.45) is 7.54. The fraction of sp³-hybridized carbons (Fsp3) is 0.750. The predicted octanol–water partition coefficient (Wildman–Crippen LogP) is 1.54. The van der Waals surface area contributed by atoms with Crippen LogP contribution in [0.5, 0.6) is 0 Å². The van der Waals surface area contributed by atoms with Gasteiger partial charge in [-0.1, -0.05) is 19.3 Å². The van der Waals surface area contributed by atoms with Crippen molar-refractivity contribution in [3.8, 4) is 0 Å². The van der Waals surface area contributed by atoms with Crippen LogP contribution in [-0.2, 0) is 13.0 Å². The van der Waals surface area contributed by atoms with Gasteiger partial charge in [0.1, 0.15) is 0 Å². The van der Waals surface area contributed by atoms with Crippen molar-refractivity contribution >= 4 is 18.3 Å². The Bertz CT molecular complexity index is 514. The Hall–Kier alpha value is -1.11. The summed E-state index contributed by atoms with van der Waals surface area (Å²) < 4.78 is 0. The van der Waals surface area contributed by atoms with Crippen molar-refractivity contribution in [3.63, 3.8) is 0 Å². The molecule has 23 heavy (non-hydrogen) atoms. The smallest absolute Gasteiger partial charge is 0.272 e. The number of carbonyl (C=O) groups is 1. The van der Waals surface area contributed by atoms with Crippen molar-refractivity contribution in [2.24, 2.45) is 5.92 Å². The number of hydrogen-bond acceptors (Lipinski definition) is 4. The van der Waals surface area contributed by atoms with E-state index in [0.717, 1.165) is 37.1 Å². The number of aromatic amines is 1. The molecule has 7 heteroatoms. The Labute approximate surface area is 143 Å². The van der Waals surface area contributed by atoms with Gasteiger partial charge in [0.05, 0.1) is 0 Å². The second kappa shape index (κ2) is 8.66. The van der Waals surface area contributed by atoms with Crippen LogP contribution >= 0.6 is 12.4 Å². The van der Waals surface area contributed by atoms with Gasteiger partial charge in [0.2, 0.25) is 0 Å². The normalized spacial score (nSPS) is 19.5. The van der Waals surface area contributed by atoms with Gasteiger partial charge in [-0.15, -0.1) is 12.4 Å². The highest BCUT2D eigenvalue weighted by Crippen LogP contribution is 2.28. The summed E-state index contributed by atoms with van der Waals surface area (Å²) in [5.41, 5.74) is 2.58. The van der Waals surface area contributed by atoms with Gasteiger partial charge in [-0.3, -0.25) is 9.89 Å². The molecule has 0 aromatic carbocycles. The summed E-state index contributed by atoms with van der Waals surface area (Å²) in [5.74, 6) is 0.378. The molecule has 1 aliphatic heterocycles. The van der Waals surface area contributed by atoms with E-state index >= 15 is 0 Å². The first-order valence-electron chi connectivity index (χ1n) is 8.48. The number of nitrogens with zero attached hydrogens (tertiary/aromatic N) is 1. The third-order valence-electron chi connectivity index (χ3n) is 5.00. The molecule has 1 amide bonds. The lowest BCUT2D eigenvalue weighted by atomic mass is 9.82. The molecule has 1 aliphatic carbocycles. The largest absolute Gasteiger partial charge is 0.396 e. The maximum absolute atomic E-state index is 12.6. The summed E-state index contributed by atoms with van der Waals surface area (Å²) in [4.78, 5) is 12.6. The van der Waals surface area contributed by atoms with Gasteiger partial charge in [-0.05, 0) is 25.2 Å². The molecule has 130 valence electrons. The number of carbonyl (C=O) groups excluding carboxylic acids is 1. The monoisotopic (exact) mass is 342 g/mol. The number of fused-ring (bicyclic) bond motifs is 1. The van der Waals surface area contributed by atoms with E-state index in [9.17, 15) is 9.90 Å². The Morgan fingerprint density at radius 2 is 2.13 bits per heavy atom. The average Bonchev–Trinajstić information content (AvgIpc) is 2.99. The minimum atomic E-state index is -0.106. The van der Waals surface area contributed by atoms with Crippen molar-refractivity contribution in [1.82, 2.24) is 20.8 Å². The standard InChI is InChI=1S/C16H26N4O2.ClH/c21-9-7-13(11-4-2-1-3-5-11)18-16(22)15-12-10-17-8-6-14(12)19-20-15;/h11,13,17,21H,1-10H2,(H,18,22)(H,19,20);1H. The third-order valence-corrected chi connectivity index (χ3v) is 5.00. The molecule has 0 bridgehead atoms. The lowest BCUT2D eigenvalue weighted by molar-refractivity contribution is 0.0893. The second-order valence-corrected chi connectivity index (χ2v) is 6.45. The summed E-state index contributed by atoms with van der Waals surface area (Å²) in [5, 5.41) is 22.9. The zero-order chi connectivity index (χ0) is 15.4. The molecule has 1 aromatic heterocycles. The maximum atomic E-state index is 12.6.